The van der Waals surface area contributed by atoms with E-state index >= 15 is 0 Å². The molecule has 19 heavy (non-hydrogen) atoms. The number of nitrogens with one attached hydrogen (secondary N) is 1. The van der Waals surface area contributed by atoms with E-state index in [1.807, 2.05) is 23.1 Å². The zero-order valence-corrected chi connectivity index (χ0v) is 12.9. The highest BCUT2D eigenvalue weighted by molar-refractivity contribution is 7.99. The molecule has 1 fully saturated rings. The number of hydrogen-bond donors (Lipinski definition) is 1. The molecular formula is C15H18N2S2. The number of thioether (sulfide) groups is 1. The van der Waals surface area contributed by atoms with Crippen LogP contribution in [0.5, 0.6) is 0 Å². The first-order valence-electron chi connectivity index (χ1n) is 6.59. The second kappa shape index (κ2) is 5.65. The molecule has 3 rings (SSSR count). The van der Waals surface area contributed by atoms with Gasteiger partial charge in [-0.2, -0.15) is 11.8 Å². The van der Waals surface area contributed by atoms with Gasteiger partial charge >= 0.3 is 0 Å². The Bertz CT molecular complexity index is 554. The van der Waals surface area contributed by atoms with Crippen LogP contribution < -0.4 is 5.32 Å². The first-order valence-corrected chi connectivity index (χ1v) is 8.56. The molecule has 1 N–H and O–H groups in total. The number of nitrogens with zero attached hydrogens (tertiary/aromatic N) is 1. The normalized spacial score (nSPS) is 19.6. The SMILES string of the molecule is Cc1ccc(-c2nc(C3CSCCN3)sc2C)cc1. The molecule has 4 heteroatoms. The molecule has 1 atom stereocenters. The highest BCUT2D eigenvalue weighted by Crippen LogP contribution is 2.32. The molecular weight excluding hydrogens is 272 g/mol. The second-order valence-electron chi connectivity index (χ2n) is 4.90. The third kappa shape index (κ3) is 2.86. The lowest BCUT2D eigenvalue weighted by atomic mass is 10.1. The van der Waals surface area contributed by atoms with Gasteiger partial charge in [0.25, 0.3) is 0 Å². The van der Waals surface area contributed by atoms with Crippen molar-refractivity contribution < 1.29 is 0 Å². The van der Waals surface area contributed by atoms with E-state index in [9.17, 15) is 0 Å². The summed E-state index contributed by atoms with van der Waals surface area (Å²) in [6.07, 6.45) is 0. The van der Waals surface area contributed by atoms with E-state index in [0.29, 0.717) is 6.04 Å². The van der Waals surface area contributed by atoms with Gasteiger partial charge in [-0.1, -0.05) is 29.8 Å². The van der Waals surface area contributed by atoms with E-state index in [1.165, 1.54) is 26.8 Å². The average molecular weight is 290 g/mol. The number of benzene rings is 1. The van der Waals surface area contributed by atoms with Crippen LogP contribution in [0.25, 0.3) is 11.3 Å². The van der Waals surface area contributed by atoms with Gasteiger partial charge in [0.05, 0.1) is 11.7 Å². The van der Waals surface area contributed by atoms with Crippen LogP contribution in [0.2, 0.25) is 0 Å². The van der Waals surface area contributed by atoms with Gasteiger partial charge in [-0.15, -0.1) is 11.3 Å². The van der Waals surface area contributed by atoms with Gasteiger partial charge in [0, 0.05) is 28.5 Å². The molecule has 0 saturated carbocycles. The van der Waals surface area contributed by atoms with Crippen molar-refractivity contribution in [1.29, 1.82) is 0 Å². The summed E-state index contributed by atoms with van der Waals surface area (Å²) in [4.78, 5) is 6.19. The molecule has 1 aliphatic rings. The molecule has 1 aromatic heterocycles. The monoisotopic (exact) mass is 290 g/mol. The predicted octanol–water partition coefficient (Wildman–Crippen LogP) is 3.80. The van der Waals surface area contributed by atoms with Gasteiger partial charge in [0.2, 0.25) is 0 Å². The predicted molar refractivity (Wildman–Crippen MR) is 85.1 cm³/mol. The molecule has 0 radical (unpaired) electrons. The molecule has 1 aromatic carbocycles. The zero-order chi connectivity index (χ0) is 13.2. The molecule has 2 aromatic rings. The van der Waals surface area contributed by atoms with Crippen LogP contribution in [0.3, 0.4) is 0 Å². The minimum atomic E-state index is 0.432. The molecule has 100 valence electrons. The minimum absolute atomic E-state index is 0.432. The van der Waals surface area contributed by atoms with Gasteiger partial charge in [-0.25, -0.2) is 4.98 Å². The Morgan fingerprint density at radius 3 is 2.68 bits per heavy atom. The summed E-state index contributed by atoms with van der Waals surface area (Å²) in [5, 5.41) is 4.80. The first kappa shape index (κ1) is 13.2. The largest absolute Gasteiger partial charge is 0.306 e. The standard InChI is InChI=1S/C15H18N2S2/c1-10-3-5-12(6-4-10)14-11(2)19-15(17-14)13-9-18-8-7-16-13/h3-6,13,16H,7-9H2,1-2H3. The van der Waals surface area contributed by atoms with Crippen LogP contribution >= 0.6 is 23.1 Å². The van der Waals surface area contributed by atoms with Crippen molar-refractivity contribution in [2.75, 3.05) is 18.1 Å². The van der Waals surface area contributed by atoms with Crippen molar-refractivity contribution >= 4 is 23.1 Å². The van der Waals surface area contributed by atoms with Gasteiger partial charge in [0.1, 0.15) is 5.01 Å². The molecule has 2 heterocycles. The Morgan fingerprint density at radius 1 is 1.21 bits per heavy atom. The summed E-state index contributed by atoms with van der Waals surface area (Å²) < 4.78 is 0. The van der Waals surface area contributed by atoms with Crippen molar-refractivity contribution in [2.45, 2.75) is 19.9 Å². The van der Waals surface area contributed by atoms with E-state index < -0.39 is 0 Å². The fourth-order valence-corrected chi connectivity index (χ4v) is 4.33. The summed E-state index contributed by atoms with van der Waals surface area (Å²) in [6.45, 7) is 5.38. The number of thiazole rings is 1. The Kier molecular flexibility index (Phi) is 3.91. The summed E-state index contributed by atoms with van der Waals surface area (Å²) in [7, 11) is 0. The van der Waals surface area contributed by atoms with Crippen LogP contribution in [-0.2, 0) is 0 Å². The lowest BCUT2D eigenvalue weighted by molar-refractivity contribution is 0.592. The van der Waals surface area contributed by atoms with E-state index in [0.717, 1.165) is 18.0 Å². The summed E-state index contributed by atoms with van der Waals surface area (Å²) >= 11 is 3.85. The highest BCUT2D eigenvalue weighted by atomic mass is 32.2. The summed E-state index contributed by atoms with van der Waals surface area (Å²) in [5.41, 5.74) is 3.67. The Balaban J connectivity index is 1.90. The lowest BCUT2D eigenvalue weighted by Crippen LogP contribution is -2.30. The third-order valence-corrected chi connectivity index (χ3v) is 5.50. The molecule has 0 spiro atoms. The van der Waals surface area contributed by atoms with Gasteiger partial charge in [-0.3, -0.25) is 0 Å². The fourth-order valence-electron chi connectivity index (χ4n) is 2.27. The van der Waals surface area contributed by atoms with E-state index in [4.69, 9.17) is 4.98 Å². The maximum Gasteiger partial charge on any atom is 0.111 e. The molecule has 1 unspecified atom stereocenters. The quantitative estimate of drug-likeness (QED) is 0.910. The Hall–Kier alpha value is -0.840. The maximum atomic E-state index is 4.88. The number of aryl methyl sites for hydroxylation is 2. The fraction of sp³-hybridized carbons (Fsp3) is 0.400. The van der Waals surface area contributed by atoms with Gasteiger partial charge in [-0.05, 0) is 13.8 Å². The van der Waals surface area contributed by atoms with Crippen LogP contribution in [0.1, 0.15) is 21.5 Å². The van der Waals surface area contributed by atoms with Crippen molar-refractivity contribution in [2.24, 2.45) is 0 Å². The van der Waals surface area contributed by atoms with Crippen LogP contribution in [0.4, 0.5) is 0 Å². The number of aromatic nitrogens is 1. The number of hydrogen-bond acceptors (Lipinski definition) is 4. The summed E-state index contributed by atoms with van der Waals surface area (Å²) in [5.74, 6) is 2.35. The average Bonchev–Trinajstić information content (AvgIpc) is 2.83. The van der Waals surface area contributed by atoms with Crippen molar-refractivity contribution in [3.63, 3.8) is 0 Å². The molecule has 0 bridgehead atoms. The minimum Gasteiger partial charge on any atom is -0.306 e. The topological polar surface area (TPSA) is 24.9 Å². The molecule has 2 nitrogen and oxygen atoms in total. The smallest absolute Gasteiger partial charge is 0.111 e. The Labute approximate surface area is 122 Å². The Morgan fingerprint density at radius 2 is 2.00 bits per heavy atom. The molecule has 1 aliphatic heterocycles. The van der Waals surface area contributed by atoms with Crippen LogP contribution in [-0.4, -0.2) is 23.0 Å². The van der Waals surface area contributed by atoms with E-state index in [-0.39, 0.29) is 0 Å². The van der Waals surface area contributed by atoms with Gasteiger partial charge < -0.3 is 5.32 Å². The van der Waals surface area contributed by atoms with E-state index in [1.54, 1.807) is 0 Å². The third-order valence-electron chi connectivity index (χ3n) is 3.36. The number of rotatable bonds is 2. The highest BCUT2D eigenvalue weighted by Gasteiger charge is 2.20. The molecule has 0 amide bonds. The van der Waals surface area contributed by atoms with Crippen molar-refractivity contribution in [3.8, 4) is 11.3 Å². The zero-order valence-electron chi connectivity index (χ0n) is 11.3. The lowest BCUT2D eigenvalue weighted by Gasteiger charge is -2.20. The molecule has 0 aliphatic carbocycles. The van der Waals surface area contributed by atoms with Crippen molar-refractivity contribution in [3.05, 3.63) is 39.7 Å². The van der Waals surface area contributed by atoms with Crippen molar-refractivity contribution in [1.82, 2.24) is 10.3 Å². The van der Waals surface area contributed by atoms with E-state index in [2.05, 4.69) is 43.4 Å². The maximum absolute atomic E-state index is 4.88. The first-order chi connectivity index (χ1) is 9.24. The molecule has 1 saturated heterocycles. The summed E-state index contributed by atoms with van der Waals surface area (Å²) in [6, 6.07) is 9.08. The van der Waals surface area contributed by atoms with Crippen LogP contribution in [0.15, 0.2) is 24.3 Å². The van der Waals surface area contributed by atoms with Gasteiger partial charge in [0.15, 0.2) is 0 Å². The second-order valence-corrected chi connectivity index (χ2v) is 7.29. The van der Waals surface area contributed by atoms with Crippen LogP contribution in [0, 0.1) is 13.8 Å².